The van der Waals surface area contributed by atoms with Gasteiger partial charge in [0.2, 0.25) is 5.91 Å². The van der Waals surface area contributed by atoms with E-state index in [4.69, 9.17) is 44.3 Å². The minimum Gasteiger partial charge on any atom is -0.389 e. The van der Waals surface area contributed by atoms with Crippen LogP contribution in [0.15, 0.2) is 42.5 Å². The van der Waals surface area contributed by atoms with Crippen LogP contribution < -0.4 is 10.6 Å². The molecule has 0 aliphatic carbocycles. The van der Waals surface area contributed by atoms with E-state index in [1.54, 1.807) is 35.2 Å². The average molecular weight is 557 g/mol. The van der Waals surface area contributed by atoms with Crippen molar-refractivity contribution in [2.75, 3.05) is 25.1 Å². The van der Waals surface area contributed by atoms with E-state index < -0.39 is 12.2 Å². The van der Waals surface area contributed by atoms with Crippen molar-refractivity contribution in [1.82, 2.24) is 10.2 Å². The number of benzene rings is 2. The maximum atomic E-state index is 13.2. The molecule has 4 rings (SSSR count). The summed E-state index contributed by atoms with van der Waals surface area (Å²) in [6.07, 6.45) is -0.173. The van der Waals surface area contributed by atoms with Crippen LogP contribution in [-0.4, -0.2) is 66.1 Å². The molecule has 0 radical (unpaired) electrons. The molecule has 36 heavy (non-hydrogen) atoms. The number of nitrogens with one attached hydrogen (secondary N) is 2. The third-order valence-electron chi connectivity index (χ3n) is 6.23. The summed E-state index contributed by atoms with van der Waals surface area (Å²) in [5.41, 5.74) is 1.44. The molecule has 0 saturated carbocycles. The molecule has 11 heteroatoms. The second-order valence-electron chi connectivity index (χ2n) is 8.95. The molecule has 0 spiro atoms. The maximum Gasteiger partial charge on any atom is 0.322 e. The number of β-amino-alcohol motifs (C(OH)–C–C–N with tert-alkyl or cyclic N) is 1. The van der Waals surface area contributed by atoms with Crippen molar-refractivity contribution in [3.8, 4) is 0 Å². The highest BCUT2D eigenvalue weighted by atomic mass is 35.5. The maximum absolute atomic E-state index is 13.2. The van der Waals surface area contributed by atoms with Crippen molar-refractivity contribution >= 4 is 52.4 Å². The summed E-state index contributed by atoms with van der Waals surface area (Å²) in [4.78, 5) is 27.3. The normalized spacial score (nSPS) is 24.3. The van der Waals surface area contributed by atoms with E-state index in [0.717, 1.165) is 5.56 Å². The Morgan fingerprint density at radius 2 is 1.81 bits per heavy atom. The summed E-state index contributed by atoms with van der Waals surface area (Å²) >= 11 is 17.9. The molecule has 2 saturated heterocycles. The molecular formula is C25H28Cl3N3O5. The van der Waals surface area contributed by atoms with Crippen molar-refractivity contribution < 1.29 is 24.2 Å². The first kappa shape index (κ1) is 27.0. The highest BCUT2D eigenvalue weighted by Gasteiger charge is 2.40. The second kappa shape index (κ2) is 12.4. The molecule has 0 unspecified atom stereocenters. The Morgan fingerprint density at radius 3 is 2.56 bits per heavy atom. The fourth-order valence-electron chi connectivity index (χ4n) is 4.43. The number of anilines is 1. The molecular weight excluding hydrogens is 529 g/mol. The summed E-state index contributed by atoms with van der Waals surface area (Å²) in [5.74, 6) is -0.121. The fourth-order valence-corrected chi connectivity index (χ4v) is 4.85. The van der Waals surface area contributed by atoms with Crippen LogP contribution in [-0.2, 0) is 20.8 Å². The largest absolute Gasteiger partial charge is 0.389 e. The Hall–Kier alpha value is -2.07. The smallest absolute Gasteiger partial charge is 0.322 e. The standard InChI is InChI=1S/C25H28Cl3N3O5/c26-16-3-1-15(2-4-16)11-29-24(33)10-19-6-8-22-23(36-19)14-35-13-18(32)12-31(22)25(34)30-17-5-7-20(27)21(28)9-17/h1-5,7,9,18-19,22-23,32H,6,8,10-14H2,(H,29,33)(H,30,34)/t18-,19-,22-,23+/m0/s1. The van der Waals surface area contributed by atoms with Crippen LogP contribution in [0.2, 0.25) is 15.1 Å². The van der Waals surface area contributed by atoms with Gasteiger partial charge in [-0.3, -0.25) is 4.79 Å². The van der Waals surface area contributed by atoms with E-state index in [9.17, 15) is 14.7 Å². The number of nitrogens with zero attached hydrogens (tertiary/aromatic N) is 1. The summed E-state index contributed by atoms with van der Waals surface area (Å²) in [5, 5.41) is 17.4. The Balaban J connectivity index is 1.36. The van der Waals surface area contributed by atoms with Crippen molar-refractivity contribution in [2.24, 2.45) is 0 Å². The molecule has 2 heterocycles. The van der Waals surface area contributed by atoms with E-state index in [1.165, 1.54) is 0 Å². The lowest BCUT2D eigenvalue weighted by molar-refractivity contribution is -0.149. The predicted molar refractivity (Wildman–Crippen MR) is 139 cm³/mol. The molecule has 8 nitrogen and oxygen atoms in total. The van der Waals surface area contributed by atoms with E-state index in [-0.39, 0.29) is 50.3 Å². The highest BCUT2D eigenvalue weighted by Crippen LogP contribution is 2.29. The van der Waals surface area contributed by atoms with Crippen LogP contribution in [0.25, 0.3) is 0 Å². The second-order valence-corrected chi connectivity index (χ2v) is 10.2. The summed E-state index contributed by atoms with van der Waals surface area (Å²) in [6, 6.07) is 11.4. The van der Waals surface area contributed by atoms with Gasteiger partial charge >= 0.3 is 6.03 Å². The summed E-state index contributed by atoms with van der Waals surface area (Å²) < 4.78 is 11.8. The van der Waals surface area contributed by atoms with Gasteiger partial charge in [-0.05, 0) is 48.7 Å². The number of urea groups is 1. The first-order chi connectivity index (χ1) is 17.3. The van der Waals surface area contributed by atoms with Gasteiger partial charge in [0.15, 0.2) is 0 Å². The van der Waals surface area contributed by atoms with Gasteiger partial charge in [0.1, 0.15) is 6.10 Å². The Morgan fingerprint density at radius 1 is 1.03 bits per heavy atom. The molecule has 2 aromatic rings. The number of aliphatic hydroxyl groups excluding tert-OH is 1. The Kier molecular flexibility index (Phi) is 9.33. The first-order valence-corrected chi connectivity index (χ1v) is 12.9. The summed E-state index contributed by atoms with van der Waals surface area (Å²) in [6.45, 7) is 0.777. The van der Waals surface area contributed by atoms with Crippen LogP contribution in [0.1, 0.15) is 24.8 Å². The molecule has 3 N–H and O–H groups in total. The van der Waals surface area contributed by atoms with Crippen molar-refractivity contribution in [3.05, 3.63) is 63.1 Å². The lowest BCUT2D eigenvalue weighted by Gasteiger charge is -2.44. The summed E-state index contributed by atoms with van der Waals surface area (Å²) in [7, 11) is 0. The van der Waals surface area contributed by atoms with Crippen LogP contribution in [0.4, 0.5) is 10.5 Å². The van der Waals surface area contributed by atoms with Gasteiger partial charge in [-0.2, -0.15) is 0 Å². The van der Waals surface area contributed by atoms with E-state index in [1.807, 2.05) is 12.1 Å². The van der Waals surface area contributed by atoms with Gasteiger partial charge in [0, 0.05) is 17.3 Å². The molecule has 2 aliphatic heterocycles. The van der Waals surface area contributed by atoms with Crippen LogP contribution in [0.5, 0.6) is 0 Å². The molecule has 194 valence electrons. The predicted octanol–water partition coefficient (Wildman–Crippen LogP) is 4.49. The molecule has 3 amide bonds. The SMILES string of the molecule is O=C(C[C@@H]1CC[C@H]2[C@@H](COC[C@@H](O)CN2C(=O)Nc2ccc(Cl)c(Cl)c2)O1)NCc1ccc(Cl)cc1. The van der Waals surface area contributed by atoms with Crippen molar-refractivity contribution in [3.63, 3.8) is 0 Å². The van der Waals surface area contributed by atoms with Gasteiger partial charge in [0.25, 0.3) is 0 Å². The molecule has 0 bridgehead atoms. The number of carbonyl (C=O) groups excluding carboxylic acids is 2. The number of ether oxygens (including phenoxy) is 2. The van der Waals surface area contributed by atoms with Crippen LogP contribution in [0, 0.1) is 0 Å². The molecule has 0 aromatic heterocycles. The number of halogens is 3. The van der Waals surface area contributed by atoms with E-state index in [0.29, 0.717) is 40.1 Å². The highest BCUT2D eigenvalue weighted by molar-refractivity contribution is 6.42. The molecule has 2 fully saturated rings. The van der Waals surface area contributed by atoms with Crippen LogP contribution in [0.3, 0.4) is 0 Å². The number of hydrogen-bond donors (Lipinski definition) is 3. The number of hydrogen-bond acceptors (Lipinski definition) is 5. The molecule has 2 aromatic carbocycles. The topological polar surface area (TPSA) is 100 Å². The van der Waals surface area contributed by atoms with Gasteiger partial charge in [-0.25, -0.2) is 4.79 Å². The minimum atomic E-state index is -0.832. The van der Waals surface area contributed by atoms with Crippen molar-refractivity contribution in [2.45, 2.75) is 50.2 Å². The van der Waals surface area contributed by atoms with E-state index >= 15 is 0 Å². The quantitative estimate of drug-likeness (QED) is 0.504. The van der Waals surface area contributed by atoms with Gasteiger partial charge in [0.05, 0.1) is 54.5 Å². The first-order valence-electron chi connectivity index (χ1n) is 11.7. The lowest BCUT2D eigenvalue weighted by atomic mass is 9.95. The number of rotatable bonds is 5. The lowest BCUT2D eigenvalue weighted by Crippen LogP contribution is -2.58. The fraction of sp³-hybridized carbons (Fsp3) is 0.440. The van der Waals surface area contributed by atoms with Gasteiger partial charge in [-0.15, -0.1) is 0 Å². The monoisotopic (exact) mass is 555 g/mol. The third-order valence-corrected chi connectivity index (χ3v) is 7.22. The number of fused-ring (bicyclic) bond motifs is 1. The van der Waals surface area contributed by atoms with Crippen LogP contribution >= 0.6 is 34.8 Å². The zero-order valence-corrected chi connectivity index (χ0v) is 21.7. The zero-order chi connectivity index (χ0) is 25.7. The third kappa shape index (κ3) is 7.25. The Bertz CT molecular complexity index is 1070. The minimum absolute atomic E-state index is 0.0787. The number of aliphatic hydroxyl groups is 1. The molecule has 2 aliphatic rings. The van der Waals surface area contributed by atoms with Gasteiger partial charge in [-0.1, -0.05) is 46.9 Å². The average Bonchev–Trinajstić information content (AvgIpc) is 2.84. The Labute approximate surface area is 224 Å². The number of carbonyl (C=O) groups is 2. The van der Waals surface area contributed by atoms with Gasteiger partial charge < -0.3 is 30.1 Å². The number of amides is 3. The molecule has 4 atom stereocenters. The van der Waals surface area contributed by atoms with Crippen molar-refractivity contribution in [1.29, 1.82) is 0 Å². The zero-order valence-electron chi connectivity index (χ0n) is 19.5. The van der Waals surface area contributed by atoms with E-state index in [2.05, 4.69) is 10.6 Å².